The Labute approximate surface area is 95.2 Å². The molecule has 2 heterocycles. The smallest absolute Gasteiger partial charge is 0.314 e. The number of hydrogen-bond acceptors (Lipinski definition) is 6. The molecule has 17 heavy (non-hydrogen) atoms. The summed E-state index contributed by atoms with van der Waals surface area (Å²) in [4.78, 5) is 7.06. The first-order chi connectivity index (χ1) is 8.08. The first-order valence-electron chi connectivity index (χ1n) is 4.12. The van der Waals surface area contributed by atoms with Gasteiger partial charge in [0.2, 0.25) is 16.2 Å². The summed E-state index contributed by atoms with van der Waals surface area (Å²) in [6.07, 6.45) is -0.611. The van der Waals surface area contributed by atoms with Gasteiger partial charge in [0.25, 0.3) is 11.8 Å². The second kappa shape index (κ2) is 4.59. The zero-order valence-corrected chi connectivity index (χ0v) is 8.77. The Kier molecular flexibility index (Phi) is 3.15. The van der Waals surface area contributed by atoms with E-state index < -0.39 is 23.4 Å². The van der Waals surface area contributed by atoms with Crippen LogP contribution in [0.3, 0.4) is 0 Å². The largest absolute Gasteiger partial charge is 0.415 e. The molecule has 0 saturated heterocycles. The monoisotopic (exact) mass is 262 g/mol. The van der Waals surface area contributed by atoms with Gasteiger partial charge in [0, 0.05) is 12.4 Å². The molecule has 1 N–H and O–H groups in total. The molecule has 7 nitrogen and oxygen atoms in total. The molecule has 10 heteroatoms. The van der Waals surface area contributed by atoms with Crippen molar-refractivity contribution in [1.29, 1.82) is 0 Å². The summed E-state index contributed by atoms with van der Waals surface area (Å²) in [5, 5.41) is 6.18. The highest BCUT2D eigenvalue weighted by atomic mass is 32.2. The minimum absolute atomic E-state index is 0.179. The highest BCUT2D eigenvalue weighted by molar-refractivity contribution is 7.79. The van der Waals surface area contributed by atoms with Gasteiger partial charge in [-0.2, -0.15) is 8.78 Å². The van der Waals surface area contributed by atoms with Gasteiger partial charge in [0.1, 0.15) is 0 Å². The molecule has 1 unspecified atom stereocenters. The van der Waals surface area contributed by atoms with Crippen LogP contribution < -0.4 is 0 Å². The Morgan fingerprint density at radius 2 is 1.94 bits per heavy atom. The molecule has 0 aliphatic rings. The van der Waals surface area contributed by atoms with Crippen molar-refractivity contribution >= 4 is 11.1 Å². The van der Waals surface area contributed by atoms with Crippen molar-refractivity contribution in [2.75, 3.05) is 0 Å². The van der Waals surface area contributed by atoms with E-state index in [0.717, 1.165) is 12.4 Å². The molecular weight excluding hydrogens is 258 g/mol. The van der Waals surface area contributed by atoms with Crippen LogP contribution in [0.1, 0.15) is 12.3 Å². The van der Waals surface area contributed by atoms with Crippen molar-refractivity contribution in [1.82, 2.24) is 20.2 Å². The zero-order valence-electron chi connectivity index (χ0n) is 7.95. The van der Waals surface area contributed by atoms with E-state index in [9.17, 15) is 13.0 Å². The molecule has 90 valence electrons. The molecule has 2 rings (SSSR count). The minimum Gasteiger partial charge on any atom is -0.415 e. The zero-order chi connectivity index (χ0) is 12.4. The van der Waals surface area contributed by atoms with Crippen LogP contribution in [0.25, 0.3) is 11.5 Å². The van der Waals surface area contributed by atoms with E-state index in [0.29, 0.717) is 0 Å². The molecule has 0 radical (unpaired) electrons. The fraction of sp³-hybridized carbons (Fsp3) is 0.143. The molecule has 1 atom stereocenters. The van der Waals surface area contributed by atoms with Gasteiger partial charge in [-0.1, -0.05) is 0 Å². The highest BCUT2D eigenvalue weighted by Gasteiger charge is 2.17. The lowest BCUT2D eigenvalue weighted by molar-refractivity contribution is 0.116. The molecule has 0 spiro atoms. The van der Waals surface area contributed by atoms with E-state index in [1.54, 1.807) is 0 Å². The summed E-state index contributed by atoms with van der Waals surface area (Å²) < 4.78 is 48.2. The molecule has 0 aliphatic carbocycles. The Morgan fingerprint density at radius 1 is 1.29 bits per heavy atom. The van der Waals surface area contributed by atoms with Crippen LogP contribution in [0.15, 0.2) is 22.0 Å². The quantitative estimate of drug-likeness (QED) is 0.651. The number of aromatic nitrogens is 4. The third-order valence-corrected chi connectivity index (χ3v) is 2.18. The van der Waals surface area contributed by atoms with Gasteiger partial charge < -0.3 is 4.42 Å². The topological polar surface area (TPSA) is 102 Å². The van der Waals surface area contributed by atoms with Gasteiger partial charge >= 0.3 is 6.43 Å². The van der Waals surface area contributed by atoms with Crippen LogP contribution in [0.5, 0.6) is 0 Å². The summed E-state index contributed by atoms with van der Waals surface area (Å²) >= 11 is -2.30. The van der Waals surface area contributed by atoms with Crippen LogP contribution in [0.4, 0.5) is 8.78 Å². The maximum Gasteiger partial charge on any atom is 0.314 e. The summed E-state index contributed by atoms with van der Waals surface area (Å²) in [5.41, 5.74) is 0.179. The van der Waals surface area contributed by atoms with Crippen LogP contribution in [0.2, 0.25) is 0 Å². The molecule has 0 fully saturated rings. The van der Waals surface area contributed by atoms with Crippen molar-refractivity contribution in [3.8, 4) is 11.5 Å². The third-order valence-electron chi connectivity index (χ3n) is 1.66. The molecule has 2 aromatic heterocycles. The van der Waals surface area contributed by atoms with E-state index in [1.807, 2.05) is 0 Å². The van der Waals surface area contributed by atoms with Gasteiger partial charge in [-0.05, 0) is 0 Å². The SMILES string of the molecule is O=S(O)c1ncc(-c2nnc(C(F)F)o2)cn1. The lowest BCUT2D eigenvalue weighted by Gasteiger charge is -1.95. The molecule has 2 aromatic rings. The van der Waals surface area contributed by atoms with Crippen molar-refractivity contribution < 1.29 is 22.0 Å². The molecule has 0 aliphatic heterocycles. The molecule has 0 aromatic carbocycles. The molecule has 0 amide bonds. The lowest BCUT2D eigenvalue weighted by atomic mass is 10.3. The average Bonchev–Trinajstić information content (AvgIpc) is 2.78. The van der Waals surface area contributed by atoms with Gasteiger partial charge in [0.15, 0.2) is 0 Å². The fourth-order valence-electron chi connectivity index (χ4n) is 0.956. The predicted molar refractivity (Wildman–Crippen MR) is 49.3 cm³/mol. The number of hydrogen-bond donors (Lipinski definition) is 1. The number of rotatable bonds is 3. The van der Waals surface area contributed by atoms with Gasteiger partial charge in [-0.15, -0.1) is 10.2 Å². The van der Waals surface area contributed by atoms with Crippen molar-refractivity contribution in [3.05, 3.63) is 18.3 Å². The Bertz CT molecular complexity index is 544. The van der Waals surface area contributed by atoms with Crippen LogP contribution in [0, 0.1) is 0 Å². The van der Waals surface area contributed by atoms with Crippen molar-refractivity contribution in [2.24, 2.45) is 0 Å². The number of nitrogens with zero attached hydrogens (tertiary/aromatic N) is 4. The fourth-order valence-corrected chi connectivity index (χ4v) is 1.24. The first-order valence-corrected chi connectivity index (χ1v) is 5.23. The predicted octanol–water partition coefficient (Wildman–Crippen LogP) is 1.04. The lowest BCUT2D eigenvalue weighted by Crippen LogP contribution is -1.96. The molecule has 0 bridgehead atoms. The Balaban J connectivity index is 2.30. The highest BCUT2D eigenvalue weighted by Crippen LogP contribution is 2.22. The maximum absolute atomic E-state index is 12.2. The second-order valence-electron chi connectivity index (χ2n) is 2.75. The van der Waals surface area contributed by atoms with E-state index in [2.05, 4.69) is 24.6 Å². The van der Waals surface area contributed by atoms with Gasteiger partial charge in [0.05, 0.1) is 5.56 Å². The van der Waals surface area contributed by atoms with Crippen LogP contribution in [-0.4, -0.2) is 28.9 Å². The summed E-state index contributed by atoms with van der Waals surface area (Å²) in [6, 6.07) is 0. The van der Waals surface area contributed by atoms with E-state index in [4.69, 9.17) is 4.55 Å². The van der Waals surface area contributed by atoms with Gasteiger partial charge in [-0.3, -0.25) is 4.55 Å². The van der Waals surface area contributed by atoms with E-state index >= 15 is 0 Å². The number of halogens is 2. The normalized spacial score (nSPS) is 12.9. The molecule has 0 saturated carbocycles. The molecular formula is C7H4F2N4O3S. The van der Waals surface area contributed by atoms with E-state index in [1.165, 1.54) is 0 Å². The standard InChI is InChI=1S/C7H4F2N4O3S/c8-4(9)6-13-12-5(16-6)3-1-10-7(11-2-3)17(14)15/h1-2,4H,(H,14,15). The van der Waals surface area contributed by atoms with E-state index in [-0.39, 0.29) is 16.6 Å². The maximum atomic E-state index is 12.2. The first kappa shape index (κ1) is 11.7. The summed E-state index contributed by atoms with van der Waals surface area (Å²) in [6.45, 7) is 0. The summed E-state index contributed by atoms with van der Waals surface area (Å²) in [7, 11) is 0. The Hall–Kier alpha value is -1.81. The van der Waals surface area contributed by atoms with Crippen LogP contribution >= 0.6 is 0 Å². The third kappa shape index (κ3) is 2.47. The summed E-state index contributed by atoms with van der Waals surface area (Å²) in [5.74, 6) is -0.995. The van der Waals surface area contributed by atoms with Crippen LogP contribution in [-0.2, 0) is 11.1 Å². The van der Waals surface area contributed by atoms with Crippen molar-refractivity contribution in [2.45, 2.75) is 11.6 Å². The minimum atomic E-state index is -2.86. The second-order valence-corrected chi connectivity index (χ2v) is 3.61. The van der Waals surface area contributed by atoms with Gasteiger partial charge in [-0.25, -0.2) is 14.2 Å². The number of alkyl halides is 2. The Morgan fingerprint density at radius 3 is 2.41 bits per heavy atom. The average molecular weight is 262 g/mol. The van der Waals surface area contributed by atoms with Crippen molar-refractivity contribution in [3.63, 3.8) is 0 Å².